The molecule has 1 aromatic carbocycles. The van der Waals surface area contributed by atoms with Crippen LogP contribution in [0.1, 0.15) is 23.3 Å². The molecule has 1 aromatic heterocycles. The van der Waals surface area contributed by atoms with E-state index in [4.69, 9.17) is 0 Å². The van der Waals surface area contributed by atoms with Crippen LogP contribution in [-0.4, -0.2) is 60.5 Å². The van der Waals surface area contributed by atoms with E-state index >= 15 is 0 Å². The second kappa shape index (κ2) is 8.60. The fraction of sp³-hybridized carbons (Fsp3) is 0.368. The van der Waals surface area contributed by atoms with Crippen molar-refractivity contribution in [3.05, 3.63) is 42.2 Å². The summed E-state index contributed by atoms with van der Waals surface area (Å²) < 4.78 is 28.5. The van der Waals surface area contributed by atoms with Gasteiger partial charge in [-0.2, -0.15) is 4.31 Å². The van der Waals surface area contributed by atoms with E-state index in [2.05, 4.69) is 5.32 Å². The Labute approximate surface area is 174 Å². The predicted octanol–water partition coefficient (Wildman–Crippen LogP) is 2.84. The fourth-order valence-electron chi connectivity index (χ4n) is 3.01. The van der Waals surface area contributed by atoms with E-state index in [0.29, 0.717) is 23.7 Å². The molecular formula is C19H24N4O4S2. The zero-order chi connectivity index (χ0) is 21.2. The number of hydrogen-bond donors (Lipinski definition) is 1. The molecule has 10 heteroatoms. The van der Waals surface area contributed by atoms with Crippen molar-refractivity contribution in [1.29, 1.82) is 0 Å². The molecule has 1 aliphatic heterocycles. The van der Waals surface area contributed by atoms with E-state index in [-0.39, 0.29) is 15.8 Å². The molecule has 1 fully saturated rings. The van der Waals surface area contributed by atoms with E-state index in [1.807, 2.05) is 0 Å². The van der Waals surface area contributed by atoms with Crippen LogP contribution in [0.4, 0.5) is 10.5 Å². The Balaban J connectivity index is 1.82. The lowest BCUT2D eigenvalue weighted by molar-refractivity contribution is 0.101. The standard InChI is InChI=1S/C19H24N4O4S2/c1-21(2)19(25)28-17-9-5-4-8-15(17)20-18(24)16-12-14(13-22(16)3)29(26,27)23-10-6-7-11-23/h4-5,8-9,12-13H,6-7,10-11H2,1-3H3,(H,20,24). The van der Waals surface area contributed by atoms with Crippen molar-refractivity contribution < 1.29 is 18.0 Å². The highest BCUT2D eigenvalue weighted by molar-refractivity contribution is 8.13. The second-order valence-electron chi connectivity index (χ2n) is 7.00. The highest BCUT2D eigenvalue weighted by atomic mass is 32.2. The maximum Gasteiger partial charge on any atom is 0.286 e. The van der Waals surface area contributed by atoms with E-state index in [9.17, 15) is 18.0 Å². The molecule has 0 unspecified atom stereocenters. The summed E-state index contributed by atoms with van der Waals surface area (Å²) in [6, 6.07) is 8.38. The number of nitrogens with one attached hydrogen (secondary N) is 1. The number of carbonyl (C=O) groups excluding carboxylic acids is 2. The van der Waals surface area contributed by atoms with Crippen LogP contribution >= 0.6 is 11.8 Å². The number of amides is 2. The van der Waals surface area contributed by atoms with Gasteiger partial charge >= 0.3 is 0 Å². The molecular weight excluding hydrogens is 412 g/mol. The zero-order valence-electron chi connectivity index (χ0n) is 16.6. The number of thioether (sulfide) groups is 1. The number of rotatable bonds is 5. The third kappa shape index (κ3) is 4.65. The molecule has 156 valence electrons. The maximum absolute atomic E-state index is 12.8. The first kappa shape index (κ1) is 21.4. The number of carbonyl (C=O) groups is 2. The molecule has 0 atom stereocenters. The minimum atomic E-state index is -3.60. The predicted molar refractivity (Wildman–Crippen MR) is 113 cm³/mol. The van der Waals surface area contributed by atoms with Gasteiger partial charge in [0.15, 0.2) is 0 Å². The van der Waals surface area contributed by atoms with Gasteiger partial charge in [-0.1, -0.05) is 12.1 Å². The fourth-order valence-corrected chi connectivity index (χ4v) is 5.34. The van der Waals surface area contributed by atoms with Crippen molar-refractivity contribution in [3.63, 3.8) is 0 Å². The number of hydrogen-bond acceptors (Lipinski definition) is 5. The molecule has 29 heavy (non-hydrogen) atoms. The van der Waals surface area contributed by atoms with Gasteiger partial charge in [0.2, 0.25) is 10.0 Å². The zero-order valence-corrected chi connectivity index (χ0v) is 18.2. The molecule has 8 nitrogen and oxygen atoms in total. The molecule has 2 aromatic rings. The van der Waals surface area contributed by atoms with Crippen LogP contribution in [0.3, 0.4) is 0 Å². The van der Waals surface area contributed by atoms with Gasteiger partial charge in [0.1, 0.15) is 10.6 Å². The molecule has 0 saturated carbocycles. The van der Waals surface area contributed by atoms with Gasteiger partial charge in [0.25, 0.3) is 11.1 Å². The Morgan fingerprint density at radius 1 is 1.14 bits per heavy atom. The lowest BCUT2D eigenvalue weighted by Gasteiger charge is -2.13. The number of benzene rings is 1. The summed E-state index contributed by atoms with van der Waals surface area (Å²) in [6.45, 7) is 1.01. The molecule has 2 amide bonds. The van der Waals surface area contributed by atoms with Gasteiger partial charge in [-0.25, -0.2) is 8.42 Å². The Morgan fingerprint density at radius 3 is 2.45 bits per heavy atom. The van der Waals surface area contributed by atoms with Crippen LogP contribution in [0.15, 0.2) is 46.3 Å². The molecule has 1 aliphatic rings. The van der Waals surface area contributed by atoms with Gasteiger partial charge < -0.3 is 14.8 Å². The van der Waals surface area contributed by atoms with Crippen molar-refractivity contribution in [2.75, 3.05) is 32.5 Å². The number of aryl methyl sites for hydroxylation is 1. The molecule has 0 aliphatic carbocycles. The van der Waals surface area contributed by atoms with Gasteiger partial charge in [-0.15, -0.1) is 0 Å². The topological polar surface area (TPSA) is 91.7 Å². The summed E-state index contributed by atoms with van der Waals surface area (Å²) in [6.07, 6.45) is 3.15. The summed E-state index contributed by atoms with van der Waals surface area (Å²) in [4.78, 5) is 27.0. The summed E-state index contributed by atoms with van der Waals surface area (Å²) in [7, 11) is 1.34. The third-order valence-electron chi connectivity index (χ3n) is 4.61. The molecule has 1 N–H and O–H groups in total. The lowest BCUT2D eigenvalue weighted by Crippen LogP contribution is -2.27. The Hall–Kier alpha value is -2.30. The SMILES string of the molecule is CN(C)C(=O)Sc1ccccc1NC(=O)c1cc(S(=O)(=O)N2CCCC2)cn1C. The highest BCUT2D eigenvalue weighted by Crippen LogP contribution is 2.29. The molecule has 2 heterocycles. The van der Waals surface area contributed by atoms with E-state index in [1.54, 1.807) is 45.4 Å². The number of sulfonamides is 1. The largest absolute Gasteiger partial charge is 0.345 e. The van der Waals surface area contributed by atoms with Crippen molar-refractivity contribution in [1.82, 2.24) is 13.8 Å². The summed E-state index contributed by atoms with van der Waals surface area (Å²) in [5, 5.41) is 2.62. The van der Waals surface area contributed by atoms with Crippen LogP contribution in [0.2, 0.25) is 0 Å². The first-order valence-electron chi connectivity index (χ1n) is 9.16. The van der Waals surface area contributed by atoms with Crippen LogP contribution < -0.4 is 5.32 Å². The van der Waals surface area contributed by atoms with E-state index < -0.39 is 15.9 Å². The monoisotopic (exact) mass is 436 g/mol. The normalized spacial score (nSPS) is 14.7. The van der Waals surface area contributed by atoms with Crippen molar-refractivity contribution >= 4 is 38.6 Å². The molecule has 1 saturated heterocycles. The Kier molecular flexibility index (Phi) is 6.35. The van der Waals surface area contributed by atoms with Gasteiger partial charge in [0, 0.05) is 45.3 Å². The average molecular weight is 437 g/mol. The minimum absolute atomic E-state index is 0.109. The second-order valence-corrected chi connectivity index (χ2v) is 9.93. The quantitative estimate of drug-likeness (QED) is 0.728. The van der Waals surface area contributed by atoms with Crippen LogP contribution in [-0.2, 0) is 17.1 Å². The summed E-state index contributed by atoms with van der Waals surface area (Å²) in [5.41, 5.74) is 0.712. The molecule has 0 bridgehead atoms. The number of aromatic nitrogens is 1. The minimum Gasteiger partial charge on any atom is -0.345 e. The Bertz CT molecular complexity index is 1020. The number of para-hydroxylation sites is 1. The van der Waals surface area contributed by atoms with Crippen molar-refractivity contribution in [2.45, 2.75) is 22.6 Å². The van der Waals surface area contributed by atoms with Gasteiger partial charge in [-0.05, 0) is 42.8 Å². The van der Waals surface area contributed by atoms with Crippen molar-refractivity contribution in [2.24, 2.45) is 7.05 Å². The molecule has 0 spiro atoms. The van der Waals surface area contributed by atoms with E-state index in [1.165, 1.54) is 26.0 Å². The van der Waals surface area contributed by atoms with E-state index in [0.717, 1.165) is 24.6 Å². The lowest BCUT2D eigenvalue weighted by atomic mass is 10.3. The van der Waals surface area contributed by atoms with Crippen LogP contribution in [0.25, 0.3) is 0 Å². The third-order valence-corrected chi connectivity index (χ3v) is 7.59. The van der Waals surface area contributed by atoms with Gasteiger partial charge in [0.05, 0.1) is 5.69 Å². The maximum atomic E-state index is 12.8. The van der Waals surface area contributed by atoms with Crippen LogP contribution in [0, 0.1) is 0 Å². The number of nitrogens with zero attached hydrogens (tertiary/aromatic N) is 3. The summed E-state index contributed by atoms with van der Waals surface area (Å²) >= 11 is 1.01. The molecule has 3 rings (SSSR count). The highest BCUT2D eigenvalue weighted by Gasteiger charge is 2.29. The van der Waals surface area contributed by atoms with Gasteiger partial charge in [-0.3, -0.25) is 9.59 Å². The molecule has 0 radical (unpaired) electrons. The number of anilines is 1. The first-order valence-corrected chi connectivity index (χ1v) is 11.4. The smallest absolute Gasteiger partial charge is 0.286 e. The first-order chi connectivity index (χ1) is 13.7. The Morgan fingerprint density at radius 2 is 1.79 bits per heavy atom. The van der Waals surface area contributed by atoms with Crippen LogP contribution in [0.5, 0.6) is 0 Å². The average Bonchev–Trinajstić information content (AvgIpc) is 3.33. The van der Waals surface area contributed by atoms with Crippen molar-refractivity contribution in [3.8, 4) is 0 Å². The summed E-state index contributed by atoms with van der Waals surface area (Å²) in [5.74, 6) is -0.444.